The molecule has 0 aliphatic heterocycles. The van der Waals surface area contributed by atoms with Crippen LogP contribution in [0.3, 0.4) is 0 Å². The van der Waals surface area contributed by atoms with Crippen LogP contribution in [0.4, 0.5) is 11.6 Å². The number of carbonyl (C=O) groups excluding carboxylic acids is 2. The molecular weight excluding hydrogens is 819 g/mol. The Morgan fingerprint density at radius 1 is 0.565 bits per heavy atom. The van der Waals surface area contributed by atoms with Crippen LogP contribution in [0.25, 0.3) is 0 Å². The number of nitrogens with zero attached hydrogens (tertiary/aromatic N) is 3. The maximum atomic E-state index is 12.5. The smallest absolute Gasteiger partial charge is 0.326 e. The summed E-state index contributed by atoms with van der Waals surface area (Å²) in [5.41, 5.74) is 3.83. The SMILES string of the molecule is CC(=CC(=O)c1ccccc1)NC(Cc1ccc(SCCN(C)c2cccc(N(C)CCSc3ccc(CC(NC(C)=CC(=O)c4ccccc4)C(=O)O)cc3)n2)cc1)C(=O)O. The van der Waals surface area contributed by atoms with E-state index in [0.717, 1.165) is 57.1 Å². The minimum atomic E-state index is -0.989. The fourth-order valence-corrected chi connectivity index (χ4v) is 8.24. The second-order valence-electron chi connectivity index (χ2n) is 14.8. The first kappa shape index (κ1) is 46.8. The molecule has 2 atom stereocenters. The number of hydrogen-bond donors (Lipinski definition) is 4. The van der Waals surface area contributed by atoms with Crippen molar-refractivity contribution in [2.45, 2.75) is 48.6 Å². The van der Waals surface area contributed by atoms with Crippen LogP contribution >= 0.6 is 23.5 Å². The number of ketones is 2. The third-order valence-electron chi connectivity index (χ3n) is 9.83. The Kier molecular flexibility index (Phi) is 17.8. The Labute approximate surface area is 372 Å². The second kappa shape index (κ2) is 23.6. The number of hydrogen-bond acceptors (Lipinski definition) is 11. The number of pyridine rings is 1. The zero-order valence-electron chi connectivity index (χ0n) is 35.4. The molecular formula is C49H53N5O6S2. The molecule has 0 saturated carbocycles. The highest BCUT2D eigenvalue weighted by molar-refractivity contribution is 7.99. The lowest BCUT2D eigenvalue weighted by Gasteiger charge is -2.22. The molecule has 4 aromatic carbocycles. The molecule has 0 aliphatic rings. The average Bonchev–Trinajstić information content (AvgIpc) is 3.27. The molecule has 5 aromatic rings. The van der Waals surface area contributed by atoms with E-state index < -0.39 is 24.0 Å². The number of allylic oxidation sites excluding steroid dienone is 4. The fourth-order valence-electron chi connectivity index (χ4n) is 6.38. The number of aliphatic carboxylic acids is 2. The number of aromatic nitrogens is 1. The molecule has 1 heterocycles. The topological polar surface area (TPSA) is 152 Å². The van der Waals surface area contributed by atoms with Crippen molar-refractivity contribution in [1.29, 1.82) is 0 Å². The van der Waals surface area contributed by atoms with E-state index in [1.54, 1.807) is 85.9 Å². The molecule has 0 aliphatic carbocycles. The number of benzene rings is 4. The number of nitrogens with one attached hydrogen (secondary N) is 2. The van der Waals surface area contributed by atoms with Gasteiger partial charge in [-0.25, -0.2) is 14.6 Å². The summed E-state index contributed by atoms with van der Waals surface area (Å²) in [6.07, 6.45) is 3.40. The first-order chi connectivity index (χ1) is 29.8. The van der Waals surface area contributed by atoms with Crippen molar-refractivity contribution >= 4 is 58.7 Å². The van der Waals surface area contributed by atoms with Gasteiger partial charge in [0.15, 0.2) is 11.6 Å². The van der Waals surface area contributed by atoms with Gasteiger partial charge in [0.2, 0.25) is 0 Å². The summed E-state index contributed by atoms with van der Waals surface area (Å²) in [6.45, 7) is 4.93. The standard InChI is InChI=1S/C49H53N5O6S2/c1-34(30-44(55)38-12-7-5-8-13-38)50-42(48(57)58)32-36-18-22-40(23-19-36)61-28-26-53(3)46-16-11-17-47(52-46)54(4)27-29-62-41-24-20-37(21-25-41)33-43(49(59)60)51-35(2)31-45(56)39-14-9-6-10-15-39/h5-25,30-31,42-43,50-51H,26-29,32-33H2,1-4H3,(H,57,58)(H,59,60). The third kappa shape index (κ3) is 15.0. The van der Waals surface area contributed by atoms with Gasteiger partial charge in [0.05, 0.1) is 0 Å². The monoisotopic (exact) mass is 871 g/mol. The maximum Gasteiger partial charge on any atom is 0.326 e. The fraction of sp³-hybridized carbons (Fsp3) is 0.245. The zero-order valence-corrected chi connectivity index (χ0v) is 37.0. The maximum absolute atomic E-state index is 12.5. The van der Waals surface area contributed by atoms with Crippen LogP contribution in [0.1, 0.15) is 45.7 Å². The van der Waals surface area contributed by atoms with Gasteiger partial charge in [-0.3, -0.25) is 9.59 Å². The number of anilines is 2. The van der Waals surface area contributed by atoms with Gasteiger partial charge in [-0.2, -0.15) is 0 Å². The summed E-state index contributed by atoms with van der Waals surface area (Å²) in [7, 11) is 4.05. The number of thioether (sulfide) groups is 2. The van der Waals surface area contributed by atoms with Crippen molar-refractivity contribution < 1.29 is 29.4 Å². The van der Waals surface area contributed by atoms with E-state index in [0.29, 0.717) is 22.5 Å². The van der Waals surface area contributed by atoms with Crippen molar-refractivity contribution in [3.8, 4) is 0 Å². The van der Waals surface area contributed by atoms with Crippen LogP contribution < -0.4 is 20.4 Å². The summed E-state index contributed by atoms with van der Waals surface area (Å²) in [6, 6.07) is 37.8. The molecule has 4 N–H and O–H groups in total. The van der Waals surface area contributed by atoms with Crippen LogP contribution in [0.2, 0.25) is 0 Å². The first-order valence-corrected chi connectivity index (χ1v) is 22.2. The van der Waals surface area contributed by atoms with E-state index in [1.165, 1.54) is 12.2 Å². The number of rotatable bonds is 24. The van der Waals surface area contributed by atoms with Crippen LogP contribution in [0.5, 0.6) is 0 Å². The molecule has 0 spiro atoms. The highest BCUT2D eigenvalue weighted by Gasteiger charge is 2.20. The number of carbonyl (C=O) groups is 4. The molecule has 0 amide bonds. The van der Waals surface area contributed by atoms with E-state index in [4.69, 9.17) is 4.98 Å². The van der Waals surface area contributed by atoms with Crippen molar-refractivity contribution in [2.75, 3.05) is 48.5 Å². The van der Waals surface area contributed by atoms with Gasteiger partial charge in [-0.05, 0) is 61.4 Å². The molecule has 1 aromatic heterocycles. The third-order valence-corrected chi connectivity index (χ3v) is 11.8. The highest BCUT2D eigenvalue weighted by Crippen LogP contribution is 2.23. The number of carboxylic acids is 2. The Hall–Kier alpha value is -6.31. The summed E-state index contributed by atoms with van der Waals surface area (Å²) >= 11 is 3.43. The van der Waals surface area contributed by atoms with Crippen molar-refractivity contribution in [3.63, 3.8) is 0 Å². The van der Waals surface area contributed by atoms with Crippen LogP contribution in [-0.2, 0) is 22.4 Å². The molecule has 11 nitrogen and oxygen atoms in total. The summed E-state index contributed by atoms with van der Waals surface area (Å²) in [5, 5.41) is 25.7. The Balaban J connectivity index is 1.03. The van der Waals surface area contributed by atoms with Gasteiger partial charge in [0.1, 0.15) is 23.7 Å². The summed E-state index contributed by atoms with van der Waals surface area (Å²) in [4.78, 5) is 60.5. The quantitative estimate of drug-likeness (QED) is 0.0268. The van der Waals surface area contributed by atoms with Crippen LogP contribution in [0, 0.1) is 0 Å². The molecule has 2 unspecified atom stereocenters. The van der Waals surface area contributed by atoms with Gasteiger partial charge in [0.25, 0.3) is 0 Å². The molecule has 13 heteroatoms. The van der Waals surface area contributed by atoms with Crippen molar-refractivity contribution in [1.82, 2.24) is 15.6 Å². The lowest BCUT2D eigenvalue weighted by Crippen LogP contribution is -2.37. The second-order valence-corrected chi connectivity index (χ2v) is 17.1. The minimum absolute atomic E-state index is 0.184. The molecule has 0 saturated heterocycles. The van der Waals surface area contributed by atoms with Gasteiger partial charge in [0, 0.05) is 96.0 Å². The van der Waals surface area contributed by atoms with E-state index in [2.05, 4.69) is 20.4 Å². The molecule has 62 heavy (non-hydrogen) atoms. The zero-order chi connectivity index (χ0) is 44.4. The average molecular weight is 872 g/mol. The Bertz CT molecular complexity index is 2160. The summed E-state index contributed by atoms with van der Waals surface area (Å²) in [5.74, 6) is 1.05. The van der Waals surface area contributed by atoms with E-state index >= 15 is 0 Å². The Morgan fingerprint density at radius 3 is 1.29 bits per heavy atom. The Morgan fingerprint density at radius 2 is 0.935 bits per heavy atom. The van der Waals surface area contributed by atoms with Gasteiger partial charge < -0.3 is 30.6 Å². The predicted octanol–water partition coefficient (Wildman–Crippen LogP) is 8.28. The number of carboxylic acid groups (broad SMARTS) is 2. The van der Waals surface area contributed by atoms with Gasteiger partial charge >= 0.3 is 11.9 Å². The molecule has 0 bridgehead atoms. The highest BCUT2D eigenvalue weighted by atomic mass is 32.2. The molecule has 322 valence electrons. The van der Waals surface area contributed by atoms with Crippen molar-refractivity contribution in [2.24, 2.45) is 0 Å². The normalized spacial score (nSPS) is 12.5. The lowest BCUT2D eigenvalue weighted by molar-refractivity contribution is -0.140. The molecule has 0 fully saturated rings. The van der Waals surface area contributed by atoms with E-state index in [1.807, 2.05) is 93.0 Å². The van der Waals surface area contributed by atoms with Crippen LogP contribution in [-0.4, -0.2) is 89.5 Å². The largest absolute Gasteiger partial charge is 0.480 e. The summed E-state index contributed by atoms with van der Waals surface area (Å²) < 4.78 is 0. The van der Waals surface area contributed by atoms with E-state index in [-0.39, 0.29) is 24.4 Å². The minimum Gasteiger partial charge on any atom is -0.480 e. The van der Waals surface area contributed by atoms with E-state index in [9.17, 15) is 29.4 Å². The first-order valence-electron chi connectivity index (χ1n) is 20.2. The van der Waals surface area contributed by atoms with Crippen molar-refractivity contribution in [3.05, 3.63) is 173 Å². The lowest BCUT2D eigenvalue weighted by atomic mass is 10.1. The molecule has 0 radical (unpaired) electrons. The molecule has 5 rings (SSSR count). The van der Waals surface area contributed by atoms with Crippen LogP contribution in [0.15, 0.2) is 161 Å². The van der Waals surface area contributed by atoms with Gasteiger partial charge in [-0.1, -0.05) is 91.0 Å². The predicted molar refractivity (Wildman–Crippen MR) is 251 cm³/mol. The van der Waals surface area contributed by atoms with Gasteiger partial charge in [-0.15, -0.1) is 23.5 Å².